The summed E-state index contributed by atoms with van der Waals surface area (Å²) < 4.78 is 11.6. The lowest BCUT2D eigenvalue weighted by atomic mass is 9.94. The maximum Gasteiger partial charge on any atom is 0.303 e. The number of hydrogen-bond donors (Lipinski definition) is 1. The molecule has 2 heterocycles. The Morgan fingerprint density at radius 3 is 2.83 bits per heavy atom. The van der Waals surface area contributed by atoms with Gasteiger partial charge >= 0.3 is 5.97 Å². The molecular weight excluding hydrogens is 404 g/mol. The second-order valence-corrected chi connectivity index (χ2v) is 8.25. The smallest absolute Gasteiger partial charge is 0.303 e. The van der Waals surface area contributed by atoms with Crippen LogP contribution in [0, 0.1) is 6.92 Å². The molecule has 30 heavy (non-hydrogen) atoms. The Kier molecular flexibility index (Phi) is 5.52. The van der Waals surface area contributed by atoms with Gasteiger partial charge in [-0.05, 0) is 68.4 Å². The minimum Gasteiger partial charge on any atom is -0.481 e. The standard InChI is InChI=1S/C23H23ClN2O4/c1-12(2)29-23-19(24)8-15(10-25-23)20-11-26-22(30-20)17-6-7-18-14(9-21(27)28)4-5-16(18)13(17)3/h6-8,10-12,14H,4-5,9H2,1-3H3,(H,27,28). The number of aromatic nitrogens is 2. The lowest BCUT2D eigenvalue weighted by Gasteiger charge is -2.12. The number of halogens is 1. The average molecular weight is 427 g/mol. The van der Waals surface area contributed by atoms with Crippen LogP contribution in [0.2, 0.25) is 5.02 Å². The Balaban J connectivity index is 1.62. The number of ether oxygens (including phenoxy) is 1. The summed E-state index contributed by atoms with van der Waals surface area (Å²) in [5.74, 6) is 0.791. The van der Waals surface area contributed by atoms with E-state index in [2.05, 4.69) is 9.97 Å². The predicted molar refractivity (Wildman–Crippen MR) is 114 cm³/mol. The Morgan fingerprint density at radius 2 is 2.13 bits per heavy atom. The fourth-order valence-corrected chi connectivity index (χ4v) is 4.23. The van der Waals surface area contributed by atoms with Crippen molar-refractivity contribution in [1.82, 2.24) is 9.97 Å². The molecule has 7 heteroatoms. The third-order valence-electron chi connectivity index (χ3n) is 5.41. The van der Waals surface area contributed by atoms with Crippen molar-refractivity contribution in [2.24, 2.45) is 0 Å². The van der Waals surface area contributed by atoms with Gasteiger partial charge < -0.3 is 14.3 Å². The molecule has 0 bridgehead atoms. The SMILES string of the molecule is Cc1c(-c2ncc(-c3cnc(OC(C)C)c(Cl)c3)o2)ccc2c1CCC2CC(=O)O. The molecule has 1 atom stereocenters. The van der Waals surface area contributed by atoms with Crippen molar-refractivity contribution < 1.29 is 19.1 Å². The second-order valence-electron chi connectivity index (χ2n) is 7.85. The topological polar surface area (TPSA) is 85.5 Å². The van der Waals surface area contributed by atoms with Crippen molar-refractivity contribution in [2.45, 2.75) is 52.1 Å². The van der Waals surface area contributed by atoms with Gasteiger partial charge in [-0.2, -0.15) is 0 Å². The molecule has 1 unspecified atom stereocenters. The molecule has 0 fully saturated rings. The monoisotopic (exact) mass is 426 g/mol. The van der Waals surface area contributed by atoms with Gasteiger partial charge in [-0.3, -0.25) is 4.79 Å². The fraction of sp³-hybridized carbons (Fsp3) is 0.348. The van der Waals surface area contributed by atoms with Gasteiger partial charge in [-0.15, -0.1) is 0 Å². The molecule has 0 saturated carbocycles. The molecule has 0 spiro atoms. The van der Waals surface area contributed by atoms with Crippen LogP contribution in [0.15, 0.2) is 35.0 Å². The molecule has 156 valence electrons. The summed E-state index contributed by atoms with van der Waals surface area (Å²) >= 11 is 6.29. The highest BCUT2D eigenvalue weighted by molar-refractivity contribution is 6.32. The third kappa shape index (κ3) is 3.92. The lowest BCUT2D eigenvalue weighted by Crippen LogP contribution is -2.07. The van der Waals surface area contributed by atoms with Crippen LogP contribution in [0.1, 0.15) is 49.3 Å². The number of fused-ring (bicyclic) bond motifs is 1. The predicted octanol–water partition coefficient (Wildman–Crippen LogP) is 5.66. The van der Waals surface area contributed by atoms with Gasteiger partial charge in [-0.25, -0.2) is 9.97 Å². The largest absolute Gasteiger partial charge is 0.481 e. The van der Waals surface area contributed by atoms with Crippen LogP contribution in [-0.4, -0.2) is 27.1 Å². The zero-order valence-corrected chi connectivity index (χ0v) is 17.9. The highest BCUT2D eigenvalue weighted by atomic mass is 35.5. The van der Waals surface area contributed by atoms with Crippen LogP contribution in [0.3, 0.4) is 0 Å². The summed E-state index contributed by atoms with van der Waals surface area (Å²) in [5.41, 5.74) is 5.05. The van der Waals surface area contributed by atoms with E-state index in [0.29, 0.717) is 22.6 Å². The van der Waals surface area contributed by atoms with E-state index in [1.807, 2.05) is 32.9 Å². The molecule has 1 aromatic carbocycles. The molecule has 4 rings (SSSR count). The quantitative estimate of drug-likeness (QED) is 0.547. The van der Waals surface area contributed by atoms with Gasteiger partial charge in [-0.1, -0.05) is 17.7 Å². The molecule has 1 aliphatic rings. The number of benzene rings is 1. The molecular formula is C23H23ClN2O4. The van der Waals surface area contributed by atoms with Gasteiger partial charge in [0.25, 0.3) is 0 Å². The Morgan fingerprint density at radius 1 is 1.33 bits per heavy atom. The first kappa shape index (κ1) is 20.4. The number of aliphatic carboxylic acids is 1. The lowest BCUT2D eigenvalue weighted by molar-refractivity contribution is -0.137. The van der Waals surface area contributed by atoms with E-state index in [0.717, 1.165) is 35.1 Å². The van der Waals surface area contributed by atoms with Gasteiger partial charge in [0.15, 0.2) is 5.76 Å². The molecule has 1 aliphatic carbocycles. The zero-order chi connectivity index (χ0) is 21.4. The van der Waals surface area contributed by atoms with Crippen molar-refractivity contribution in [3.05, 3.63) is 52.3 Å². The number of rotatable bonds is 6. The number of hydrogen-bond acceptors (Lipinski definition) is 5. The van der Waals surface area contributed by atoms with Crippen molar-refractivity contribution in [2.75, 3.05) is 0 Å². The highest BCUT2D eigenvalue weighted by Crippen LogP contribution is 2.41. The number of pyridine rings is 1. The zero-order valence-electron chi connectivity index (χ0n) is 17.1. The van der Waals surface area contributed by atoms with Gasteiger partial charge in [0.05, 0.1) is 18.7 Å². The van der Waals surface area contributed by atoms with Crippen LogP contribution < -0.4 is 4.74 Å². The molecule has 0 saturated heterocycles. The van der Waals surface area contributed by atoms with Crippen LogP contribution >= 0.6 is 11.6 Å². The summed E-state index contributed by atoms with van der Waals surface area (Å²) in [6.07, 6.45) is 5.19. The van der Waals surface area contributed by atoms with Crippen LogP contribution in [-0.2, 0) is 11.2 Å². The average Bonchev–Trinajstić information content (AvgIpc) is 3.31. The van der Waals surface area contributed by atoms with Crippen molar-refractivity contribution in [3.63, 3.8) is 0 Å². The first-order chi connectivity index (χ1) is 14.3. The van der Waals surface area contributed by atoms with Crippen LogP contribution in [0.4, 0.5) is 0 Å². The van der Waals surface area contributed by atoms with E-state index >= 15 is 0 Å². The number of carbonyl (C=O) groups is 1. The van der Waals surface area contributed by atoms with Crippen LogP contribution in [0.25, 0.3) is 22.8 Å². The van der Waals surface area contributed by atoms with Crippen molar-refractivity contribution in [3.8, 4) is 28.7 Å². The minimum atomic E-state index is -0.760. The van der Waals surface area contributed by atoms with E-state index < -0.39 is 5.97 Å². The van der Waals surface area contributed by atoms with Crippen molar-refractivity contribution in [1.29, 1.82) is 0 Å². The molecule has 0 aliphatic heterocycles. The third-order valence-corrected chi connectivity index (χ3v) is 5.68. The Hall–Kier alpha value is -2.86. The molecule has 1 N–H and O–H groups in total. The summed E-state index contributed by atoms with van der Waals surface area (Å²) in [7, 11) is 0. The number of nitrogens with zero attached hydrogens (tertiary/aromatic N) is 2. The molecule has 6 nitrogen and oxygen atoms in total. The maximum atomic E-state index is 11.1. The van der Waals surface area contributed by atoms with E-state index in [4.69, 9.17) is 25.9 Å². The Bertz CT molecular complexity index is 1110. The number of carboxylic acids is 1. The number of oxazole rings is 1. The van der Waals surface area contributed by atoms with E-state index in [9.17, 15) is 4.79 Å². The number of carboxylic acid groups (broad SMARTS) is 1. The minimum absolute atomic E-state index is 0.0180. The normalized spacial score (nSPS) is 15.4. The maximum absolute atomic E-state index is 11.1. The molecule has 0 amide bonds. The summed E-state index contributed by atoms with van der Waals surface area (Å²) in [6, 6.07) is 5.73. The van der Waals surface area contributed by atoms with Gasteiger partial charge in [0.1, 0.15) is 5.02 Å². The molecule has 0 radical (unpaired) electrons. The summed E-state index contributed by atoms with van der Waals surface area (Å²) in [4.78, 5) is 19.9. The molecule has 3 aromatic rings. The van der Waals surface area contributed by atoms with Gasteiger partial charge in [0, 0.05) is 17.3 Å². The fourth-order valence-electron chi connectivity index (χ4n) is 4.02. The van der Waals surface area contributed by atoms with Crippen LogP contribution in [0.5, 0.6) is 5.88 Å². The summed E-state index contributed by atoms with van der Waals surface area (Å²) in [6.45, 7) is 5.87. The van der Waals surface area contributed by atoms with E-state index in [-0.39, 0.29) is 18.4 Å². The van der Waals surface area contributed by atoms with E-state index in [1.165, 1.54) is 5.56 Å². The van der Waals surface area contributed by atoms with E-state index in [1.54, 1.807) is 18.5 Å². The molecule has 2 aromatic heterocycles. The second kappa shape index (κ2) is 8.11. The Labute approximate surface area is 179 Å². The summed E-state index contributed by atoms with van der Waals surface area (Å²) in [5, 5.41) is 9.56. The highest BCUT2D eigenvalue weighted by Gasteiger charge is 2.27. The first-order valence-electron chi connectivity index (χ1n) is 9.96. The first-order valence-corrected chi connectivity index (χ1v) is 10.3. The van der Waals surface area contributed by atoms with Gasteiger partial charge in [0.2, 0.25) is 11.8 Å². The van der Waals surface area contributed by atoms with Crippen molar-refractivity contribution >= 4 is 17.6 Å².